The second kappa shape index (κ2) is 4.30. The van der Waals surface area contributed by atoms with Gasteiger partial charge in [-0.3, -0.25) is 4.79 Å². The summed E-state index contributed by atoms with van der Waals surface area (Å²) in [6.45, 7) is 0. The topological polar surface area (TPSA) is 43.4 Å². The van der Waals surface area contributed by atoms with Crippen LogP contribution in [0.25, 0.3) is 0 Å². The molecule has 0 atom stereocenters. The number of carbonyl (C=O) groups is 1. The minimum atomic E-state index is -0.361. The molecule has 0 aromatic rings. The summed E-state index contributed by atoms with van der Waals surface area (Å²) in [5.74, 6) is 0.969. The smallest absolute Gasteiger partial charge is 0.307 e. The summed E-state index contributed by atoms with van der Waals surface area (Å²) < 4.78 is 4.19. The van der Waals surface area contributed by atoms with Crippen molar-refractivity contribution in [1.29, 1.82) is 0 Å². The minimum Gasteiger partial charge on any atom is -0.423 e. The second-order valence-electron chi connectivity index (χ2n) is 1.08. The molecule has 0 saturated carbocycles. The molecule has 0 unspecified atom stereocenters. The number of carbonyl (C=O) groups excluding carboxylic acids is 2. The summed E-state index contributed by atoms with van der Waals surface area (Å²) in [6.07, 6.45) is 0.722. The number of hydrogen-bond acceptors (Lipinski definition) is 3. The third-order valence-electron chi connectivity index (χ3n) is 0.527. The molecular formula is C4H6O3Si. The Balaban J connectivity index is 3.39. The van der Waals surface area contributed by atoms with E-state index in [1.165, 1.54) is 5.94 Å². The van der Waals surface area contributed by atoms with Crippen molar-refractivity contribution >= 4 is 22.2 Å². The second-order valence-corrected chi connectivity index (χ2v) is 1.79. The molecule has 0 aliphatic rings. The van der Waals surface area contributed by atoms with Crippen molar-refractivity contribution in [2.24, 2.45) is 0 Å². The van der Waals surface area contributed by atoms with Crippen LogP contribution in [0.3, 0.4) is 0 Å². The Bertz CT molecular complexity index is 125. The number of rotatable bonds is 2. The molecule has 44 valence electrons. The molecule has 0 aromatic heterocycles. The maximum atomic E-state index is 10.2. The quantitative estimate of drug-likeness (QED) is 0.201. The molecule has 0 heterocycles. The molecule has 0 fully saturated rings. The zero-order valence-corrected chi connectivity index (χ0v) is 6.51. The average Bonchev–Trinajstić information content (AvgIpc) is 1.83. The van der Waals surface area contributed by atoms with Crippen molar-refractivity contribution < 1.29 is 14.3 Å². The van der Waals surface area contributed by atoms with Crippen molar-refractivity contribution in [2.75, 3.05) is 0 Å². The Hall–Kier alpha value is -0.863. The molecule has 0 aliphatic heterocycles. The zero-order chi connectivity index (χ0) is 6.41. The van der Waals surface area contributed by atoms with E-state index in [0.29, 0.717) is 6.04 Å². The van der Waals surface area contributed by atoms with Gasteiger partial charge in [-0.25, -0.2) is 4.79 Å². The Morgan fingerprint density at radius 2 is 2.50 bits per heavy atom. The van der Waals surface area contributed by atoms with E-state index in [1.54, 1.807) is 0 Å². The summed E-state index contributed by atoms with van der Waals surface area (Å²) in [4.78, 5) is 19.6. The van der Waals surface area contributed by atoms with E-state index >= 15 is 0 Å². The first kappa shape index (κ1) is 7.14. The normalized spacial score (nSPS) is 7.50. The predicted molar refractivity (Wildman–Crippen MR) is 31.1 cm³/mol. The summed E-state index contributed by atoms with van der Waals surface area (Å²) in [5, 5.41) is 0. The van der Waals surface area contributed by atoms with E-state index < -0.39 is 0 Å². The molecule has 0 bridgehead atoms. The predicted octanol–water partition coefficient (Wildman–Crippen LogP) is -1.34. The maximum absolute atomic E-state index is 10.2. The molecule has 3 nitrogen and oxygen atoms in total. The fourth-order valence-electron chi connectivity index (χ4n) is 0.173. The zero-order valence-electron chi connectivity index (χ0n) is 4.51. The SMILES string of the molecule is O=C=COC(=O)C[SiH3]. The van der Waals surface area contributed by atoms with Crippen LogP contribution in [0.1, 0.15) is 0 Å². The van der Waals surface area contributed by atoms with Crippen molar-refractivity contribution in [3.63, 3.8) is 0 Å². The van der Waals surface area contributed by atoms with Crippen LogP contribution in [0.4, 0.5) is 0 Å². The average molecular weight is 130 g/mol. The van der Waals surface area contributed by atoms with Gasteiger partial charge in [-0.2, -0.15) is 0 Å². The van der Waals surface area contributed by atoms with Crippen LogP contribution in [-0.2, 0) is 14.3 Å². The van der Waals surface area contributed by atoms with Crippen LogP contribution in [-0.4, -0.2) is 22.2 Å². The molecule has 0 rings (SSSR count). The molecule has 0 spiro atoms. The van der Waals surface area contributed by atoms with Crippen molar-refractivity contribution in [3.05, 3.63) is 6.26 Å². The highest BCUT2D eigenvalue weighted by Gasteiger charge is 1.91. The number of esters is 1. The summed E-state index contributed by atoms with van der Waals surface area (Å²) >= 11 is 0. The lowest BCUT2D eigenvalue weighted by Crippen LogP contribution is -1.96. The fraction of sp³-hybridized carbons (Fsp3) is 0.250. The van der Waals surface area contributed by atoms with Gasteiger partial charge in [0.2, 0.25) is 0 Å². The summed E-state index contributed by atoms with van der Waals surface area (Å²) in [7, 11) is 0.765. The lowest BCUT2D eigenvalue weighted by atomic mass is 10.8. The Labute approximate surface area is 49.8 Å². The molecular weight excluding hydrogens is 124 g/mol. The Kier molecular flexibility index (Phi) is 3.84. The Morgan fingerprint density at radius 1 is 1.88 bits per heavy atom. The lowest BCUT2D eigenvalue weighted by Gasteiger charge is -1.87. The van der Waals surface area contributed by atoms with E-state index in [-0.39, 0.29) is 5.97 Å². The van der Waals surface area contributed by atoms with Gasteiger partial charge >= 0.3 is 5.97 Å². The van der Waals surface area contributed by atoms with E-state index in [2.05, 4.69) is 4.74 Å². The minimum absolute atomic E-state index is 0.361. The van der Waals surface area contributed by atoms with Gasteiger partial charge in [0.25, 0.3) is 0 Å². The molecule has 0 amide bonds. The first-order valence-electron chi connectivity index (χ1n) is 2.20. The molecule has 0 saturated heterocycles. The third-order valence-corrected chi connectivity index (χ3v) is 1.10. The Morgan fingerprint density at radius 3 is 2.88 bits per heavy atom. The van der Waals surface area contributed by atoms with E-state index in [9.17, 15) is 9.59 Å². The van der Waals surface area contributed by atoms with Gasteiger partial charge in [0.05, 0.1) is 0 Å². The van der Waals surface area contributed by atoms with Crippen LogP contribution in [0.2, 0.25) is 6.04 Å². The first-order valence-corrected chi connectivity index (χ1v) is 3.61. The van der Waals surface area contributed by atoms with Crippen LogP contribution in [0, 0.1) is 0 Å². The van der Waals surface area contributed by atoms with Gasteiger partial charge in [0.1, 0.15) is 0 Å². The van der Waals surface area contributed by atoms with E-state index in [4.69, 9.17) is 0 Å². The molecule has 4 heteroatoms. The third kappa shape index (κ3) is 3.33. The molecule has 0 aromatic carbocycles. The first-order chi connectivity index (χ1) is 3.81. The van der Waals surface area contributed by atoms with Gasteiger partial charge in [0.15, 0.2) is 12.2 Å². The van der Waals surface area contributed by atoms with Crippen LogP contribution in [0.15, 0.2) is 6.26 Å². The van der Waals surface area contributed by atoms with Crippen molar-refractivity contribution in [2.45, 2.75) is 6.04 Å². The number of ether oxygens (including phenoxy) is 1. The summed E-state index contributed by atoms with van der Waals surface area (Å²) in [5.41, 5.74) is 0. The molecule has 8 heavy (non-hydrogen) atoms. The van der Waals surface area contributed by atoms with Crippen LogP contribution >= 0.6 is 0 Å². The highest BCUT2D eigenvalue weighted by molar-refractivity contribution is 6.18. The van der Waals surface area contributed by atoms with Gasteiger partial charge in [-0.05, 0) is 0 Å². The fourth-order valence-corrected chi connectivity index (χ4v) is 0.340. The van der Waals surface area contributed by atoms with Crippen molar-refractivity contribution in [3.8, 4) is 0 Å². The molecule has 0 aliphatic carbocycles. The van der Waals surface area contributed by atoms with Crippen molar-refractivity contribution in [1.82, 2.24) is 0 Å². The van der Waals surface area contributed by atoms with Gasteiger partial charge < -0.3 is 4.74 Å². The maximum Gasteiger partial charge on any atom is 0.307 e. The summed E-state index contributed by atoms with van der Waals surface area (Å²) in [6, 6.07) is 0.415. The molecule has 0 radical (unpaired) electrons. The van der Waals surface area contributed by atoms with E-state index in [1.807, 2.05) is 0 Å². The van der Waals surface area contributed by atoms with Gasteiger partial charge in [-0.15, -0.1) is 0 Å². The largest absolute Gasteiger partial charge is 0.423 e. The standard InChI is InChI=1S/C4H6O3Si/c5-1-2-7-4(6)3-8/h2H,3H2,8H3. The van der Waals surface area contributed by atoms with Gasteiger partial charge in [0, 0.05) is 16.3 Å². The lowest BCUT2D eigenvalue weighted by molar-refractivity contribution is -0.135. The highest BCUT2D eigenvalue weighted by Crippen LogP contribution is 1.79. The van der Waals surface area contributed by atoms with Gasteiger partial charge in [-0.1, -0.05) is 0 Å². The van der Waals surface area contributed by atoms with Crippen LogP contribution in [0.5, 0.6) is 0 Å². The van der Waals surface area contributed by atoms with E-state index in [0.717, 1.165) is 16.5 Å². The monoisotopic (exact) mass is 130 g/mol. The number of hydrogen-bond donors (Lipinski definition) is 0. The van der Waals surface area contributed by atoms with Crippen LogP contribution < -0.4 is 0 Å². The molecule has 0 N–H and O–H groups in total. The highest BCUT2D eigenvalue weighted by atomic mass is 28.1.